The van der Waals surface area contributed by atoms with Gasteiger partial charge < -0.3 is 5.32 Å². The maximum Gasteiger partial charge on any atom is 0.0410 e. The van der Waals surface area contributed by atoms with Crippen molar-refractivity contribution in [2.24, 2.45) is 5.92 Å². The summed E-state index contributed by atoms with van der Waals surface area (Å²) in [5.74, 6) is 0.810. The number of aromatic nitrogens is 1. The second kappa shape index (κ2) is 5.75. The highest BCUT2D eigenvalue weighted by Crippen LogP contribution is 2.19. The zero-order chi connectivity index (χ0) is 11.4. The number of pyridine rings is 1. The lowest BCUT2D eigenvalue weighted by Gasteiger charge is -2.15. The molecule has 0 amide bonds. The van der Waals surface area contributed by atoms with Gasteiger partial charge in [-0.15, -0.1) is 0 Å². The highest BCUT2D eigenvalue weighted by molar-refractivity contribution is 9.10. The first-order valence-electron chi connectivity index (χ1n) is 5.74. The lowest BCUT2D eigenvalue weighted by atomic mass is 10.1. The van der Waals surface area contributed by atoms with Crippen molar-refractivity contribution in [1.82, 2.24) is 15.2 Å². The van der Waals surface area contributed by atoms with Crippen LogP contribution in [-0.2, 0) is 6.54 Å². The Bertz CT molecular complexity index is 343. The molecule has 0 aromatic carbocycles. The molecule has 3 nitrogen and oxygen atoms in total. The second-order valence-corrected chi connectivity index (χ2v) is 5.37. The third-order valence-electron chi connectivity index (χ3n) is 3.03. The minimum atomic E-state index is 0.810. The van der Waals surface area contributed by atoms with Crippen LogP contribution in [0, 0.1) is 5.92 Å². The van der Waals surface area contributed by atoms with E-state index in [4.69, 9.17) is 0 Å². The molecule has 88 valence electrons. The summed E-state index contributed by atoms with van der Waals surface area (Å²) in [5, 5.41) is 3.26. The number of likely N-dealkylation sites (tertiary alicyclic amines) is 1. The number of hydrogen-bond acceptors (Lipinski definition) is 3. The summed E-state index contributed by atoms with van der Waals surface area (Å²) in [4.78, 5) is 6.70. The van der Waals surface area contributed by atoms with Crippen molar-refractivity contribution in [3.8, 4) is 0 Å². The molecule has 1 aromatic heterocycles. The zero-order valence-corrected chi connectivity index (χ0v) is 11.2. The van der Waals surface area contributed by atoms with Crippen molar-refractivity contribution in [3.05, 3.63) is 28.5 Å². The van der Waals surface area contributed by atoms with Crippen molar-refractivity contribution >= 4 is 15.9 Å². The maximum atomic E-state index is 4.20. The summed E-state index contributed by atoms with van der Waals surface area (Å²) < 4.78 is 1.07. The number of nitrogens with zero attached hydrogens (tertiary/aromatic N) is 2. The molecule has 0 aliphatic carbocycles. The molecule has 4 heteroatoms. The molecule has 16 heavy (non-hydrogen) atoms. The van der Waals surface area contributed by atoms with Crippen LogP contribution < -0.4 is 5.32 Å². The summed E-state index contributed by atoms with van der Waals surface area (Å²) in [6.07, 6.45) is 5.09. The lowest BCUT2D eigenvalue weighted by molar-refractivity contribution is 0.315. The first-order chi connectivity index (χ1) is 7.78. The van der Waals surface area contributed by atoms with Crippen molar-refractivity contribution < 1.29 is 0 Å². The predicted molar refractivity (Wildman–Crippen MR) is 69.2 cm³/mol. The third kappa shape index (κ3) is 3.27. The molecular formula is C12H18BrN3. The zero-order valence-electron chi connectivity index (χ0n) is 9.62. The molecule has 0 saturated carbocycles. The first kappa shape index (κ1) is 12.0. The van der Waals surface area contributed by atoms with E-state index in [0.29, 0.717) is 0 Å². The highest BCUT2D eigenvalue weighted by Gasteiger charge is 2.21. The SMILES string of the molecule is CNCC1CCN(Cc2cncc(Br)c2)C1. The van der Waals surface area contributed by atoms with Crippen LogP contribution in [0.3, 0.4) is 0 Å². The maximum absolute atomic E-state index is 4.20. The van der Waals surface area contributed by atoms with Gasteiger partial charge in [0.05, 0.1) is 0 Å². The quantitative estimate of drug-likeness (QED) is 0.915. The van der Waals surface area contributed by atoms with Gasteiger partial charge in [-0.1, -0.05) is 0 Å². The standard InChI is InChI=1S/C12H18BrN3/c1-14-5-10-2-3-16(8-10)9-11-4-12(13)7-15-6-11/h4,6-7,10,14H,2-3,5,8-9H2,1H3. The normalized spacial score (nSPS) is 21.5. The van der Waals surface area contributed by atoms with Crippen molar-refractivity contribution in [3.63, 3.8) is 0 Å². The molecule has 1 aliphatic heterocycles. The lowest BCUT2D eigenvalue weighted by Crippen LogP contribution is -2.24. The average molecular weight is 284 g/mol. The van der Waals surface area contributed by atoms with Crippen LogP contribution in [0.4, 0.5) is 0 Å². The first-order valence-corrected chi connectivity index (χ1v) is 6.53. The molecule has 1 N–H and O–H groups in total. The van der Waals surface area contributed by atoms with Gasteiger partial charge in [0.1, 0.15) is 0 Å². The van der Waals surface area contributed by atoms with Gasteiger partial charge >= 0.3 is 0 Å². The van der Waals surface area contributed by atoms with E-state index < -0.39 is 0 Å². The van der Waals surface area contributed by atoms with Crippen LogP contribution in [0.1, 0.15) is 12.0 Å². The van der Waals surface area contributed by atoms with E-state index in [-0.39, 0.29) is 0 Å². The molecule has 1 aliphatic rings. The van der Waals surface area contributed by atoms with Crippen LogP contribution >= 0.6 is 15.9 Å². The molecule has 0 spiro atoms. The third-order valence-corrected chi connectivity index (χ3v) is 3.46. The van der Waals surface area contributed by atoms with Crippen LogP contribution in [0.5, 0.6) is 0 Å². The number of hydrogen-bond donors (Lipinski definition) is 1. The Balaban J connectivity index is 1.87. The molecule has 1 saturated heterocycles. The second-order valence-electron chi connectivity index (χ2n) is 4.46. The Labute approximate surface area is 105 Å². The van der Waals surface area contributed by atoms with Gasteiger partial charge in [-0.05, 0) is 60.0 Å². The van der Waals surface area contributed by atoms with E-state index in [1.54, 1.807) is 0 Å². The summed E-state index contributed by atoms with van der Waals surface area (Å²) in [6.45, 7) is 4.56. The molecule has 0 bridgehead atoms. The van der Waals surface area contributed by atoms with E-state index in [1.807, 2.05) is 19.4 Å². The smallest absolute Gasteiger partial charge is 0.0410 e. The Morgan fingerprint density at radius 2 is 2.44 bits per heavy atom. The topological polar surface area (TPSA) is 28.2 Å². The summed E-state index contributed by atoms with van der Waals surface area (Å²) in [7, 11) is 2.03. The van der Waals surface area contributed by atoms with E-state index in [1.165, 1.54) is 25.1 Å². The fourth-order valence-electron chi connectivity index (χ4n) is 2.31. The largest absolute Gasteiger partial charge is 0.319 e. The molecule has 2 rings (SSSR count). The number of rotatable bonds is 4. The molecular weight excluding hydrogens is 266 g/mol. The monoisotopic (exact) mass is 283 g/mol. The fourth-order valence-corrected chi connectivity index (χ4v) is 2.72. The minimum absolute atomic E-state index is 0.810. The van der Waals surface area contributed by atoms with Gasteiger partial charge in [-0.3, -0.25) is 9.88 Å². The van der Waals surface area contributed by atoms with Crippen molar-refractivity contribution in [2.45, 2.75) is 13.0 Å². The van der Waals surface area contributed by atoms with Gasteiger partial charge in [-0.2, -0.15) is 0 Å². The van der Waals surface area contributed by atoms with Crippen LogP contribution in [-0.4, -0.2) is 36.6 Å². The van der Waals surface area contributed by atoms with Gasteiger partial charge in [0.15, 0.2) is 0 Å². The Hall–Kier alpha value is -0.450. The Morgan fingerprint density at radius 1 is 1.56 bits per heavy atom. The summed E-state index contributed by atoms with van der Waals surface area (Å²) >= 11 is 3.46. The van der Waals surface area contributed by atoms with Crippen molar-refractivity contribution in [2.75, 3.05) is 26.7 Å². The fraction of sp³-hybridized carbons (Fsp3) is 0.583. The highest BCUT2D eigenvalue weighted by atomic mass is 79.9. The van der Waals surface area contributed by atoms with E-state index in [0.717, 1.165) is 23.5 Å². The average Bonchev–Trinajstić information content (AvgIpc) is 2.66. The molecule has 1 aromatic rings. The summed E-state index contributed by atoms with van der Waals surface area (Å²) in [6, 6.07) is 2.15. The van der Waals surface area contributed by atoms with E-state index >= 15 is 0 Å². The number of halogens is 1. The van der Waals surface area contributed by atoms with E-state index in [2.05, 4.69) is 37.2 Å². The van der Waals surface area contributed by atoms with Gasteiger partial charge in [0.25, 0.3) is 0 Å². The van der Waals surface area contributed by atoms with Gasteiger partial charge in [-0.25, -0.2) is 0 Å². The molecule has 1 unspecified atom stereocenters. The molecule has 1 atom stereocenters. The van der Waals surface area contributed by atoms with E-state index in [9.17, 15) is 0 Å². The van der Waals surface area contributed by atoms with Gasteiger partial charge in [0, 0.05) is 30.0 Å². The van der Waals surface area contributed by atoms with Crippen LogP contribution in [0.25, 0.3) is 0 Å². The summed E-state index contributed by atoms with van der Waals surface area (Å²) in [5.41, 5.74) is 1.29. The van der Waals surface area contributed by atoms with Crippen LogP contribution in [0.15, 0.2) is 22.9 Å². The molecule has 0 radical (unpaired) electrons. The Morgan fingerprint density at radius 3 is 3.19 bits per heavy atom. The molecule has 2 heterocycles. The van der Waals surface area contributed by atoms with Crippen LogP contribution in [0.2, 0.25) is 0 Å². The van der Waals surface area contributed by atoms with Gasteiger partial charge in [0.2, 0.25) is 0 Å². The molecule has 1 fully saturated rings. The number of nitrogens with one attached hydrogen (secondary N) is 1. The Kier molecular flexibility index (Phi) is 4.32. The predicted octanol–water partition coefficient (Wildman–Crippen LogP) is 1.89. The minimum Gasteiger partial charge on any atom is -0.319 e. The van der Waals surface area contributed by atoms with Crippen molar-refractivity contribution in [1.29, 1.82) is 0 Å².